The molecule has 1 rings (SSSR count). The van der Waals surface area contributed by atoms with Crippen LogP contribution in [-0.4, -0.2) is 86.1 Å². The van der Waals surface area contributed by atoms with E-state index in [0.29, 0.717) is 5.56 Å². The zero-order valence-electron chi connectivity index (χ0n) is 20.7. The van der Waals surface area contributed by atoms with Gasteiger partial charge in [-0.05, 0) is 30.5 Å². The third kappa shape index (κ3) is 12.4. The van der Waals surface area contributed by atoms with E-state index < -0.39 is 97.8 Å². The van der Waals surface area contributed by atoms with Crippen molar-refractivity contribution in [2.45, 2.75) is 62.7 Å². The van der Waals surface area contributed by atoms with Crippen LogP contribution in [0.15, 0.2) is 24.3 Å². The molecule has 0 aromatic heterocycles. The number of rotatable bonds is 17. The van der Waals surface area contributed by atoms with Gasteiger partial charge < -0.3 is 47.8 Å². The maximum atomic E-state index is 12.9. The number of nitrogens with two attached hydrogens (primary N) is 2. The Kier molecular flexibility index (Phi) is 12.8. The summed E-state index contributed by atoms with van der Waals surface area (Å²) < 4.78 is 0. The number of carboxylic acid groups (broad SMARTS) is 3. The highest BCUT2D eigenvalue weighted by atomic mass is 16.4. The van der Waals surface area contributed by atoms with E-state index in [9.17, 15) is 43.8 Å². The summed E-state index contributed by atoms with van der Waals surface area (Å²) in [6, 6.07) is -0.608. The van der Waals surface area contributed by atoms with Crippen LogP contribution >= 0.6 is 0 Å². The monoisotopic (exact) mass is 553 g/mol. The number of hydrogen-bond acceptors (Lipinski definition) is 9. The average Bonchev–Trinajstić information content (AvgIpc) is 2.83. The Morgan fingerprint density at radius 3 is 1.56 bits per heavy atom. The van der Waals surface area contributed by atoms with Gasteiger partial charge in [0.15, 0.2) is 0 Å². The SMILES string of the molecule is NC(=O)C[C@H](N)C(=O)N[C@@H](CCC(=O)O)C(=O)N[C@@H](CCC(=O)O)C(=O)N[C@@H](Cc1ccc(O)cc1)C(=O)O. The summed E-state index contributed by atoms with van der Waals surface area (Å²) in [7, 11) is 0. The van der Waals surface area contributed by atoms with Crippen LogP contribution in [0.3, 0.4) is 0 Å². The lowest BCUT2D eigenvalue weighted by Crippen LogP contribution is -2.57. The number of carbonyl (C=O) groups is 7. The van der Waals surface area contributed by atoms with Gasteiger partial charge in [-0.15, -0.1) is 0 Å². The third-order valence-corrected chi connectivity index (χ3v) is 5.31. The smallest absolute Gasteiger partial charge is 0.326 e. The maximum absolute atomic E-state index is 12.9. The Morgan fingerprint density at radius 1 is 0.718 bits per heavy atom. The first-order valence-electron chi connectivity index (χ1n) is 11.6. The predicted octanol–water partition coefficient (Wildman–Crippen LogP) is -2.59. The van der Waals surface area contributed by atoms with Gasteiger partial charge in [0.25, 0.3) is 0 Å². The first kappa shape index (κ1) is 32.3. The molecular weight excluding hydrogens is 522 g/mol. The van der Waals surface area contributed by atoms with Crippen LogP contribution < -0.4 is 27.4 Å². The van der Waals surface area contributed by atoms with E-state index >= 15 is 0 Å². The van der Waals surface area contributed by atoms with E-state index in [1.807, 2.05) is 0 Å². The summed E-state index contributed by atoms with van der Waals surface area (Å²) >= 11 is 0. The minimum Gasteiger partial charge on any atom is -0.508 e. The first-order chi connectivity index (χ1) is 18.2. The molecule has 0 unspecified atom stereocenters. The van der Waals surface area contributed by atoms with Gasteiger partial charge in [-0.3, -0.25) is 28.8 Å². The van der Waals surface area contributed by atoms with Crippen LogP contribution in [0.2, 0.25) is 0 Å². The van der Waals surface area contributed by atoms with Crippen molar-refractivity contribution in [3.8, 4) is 5.75 Å². The molecule has 0 saturated carbocycles. The number of benzene rings is 1. The van der Waals surface area contributed by atoms with Gasteiger partial charge in [0, 0.05) is 19.3 Å². The van der Waals surface area contributed by atoms with Gasteiger partial charge in [-0.25, -0.2) is 4.79 Å². The molecule has 0 saturated heterocycles. The summed E-state index contributed by atoms with van der Waals surface area (Å²) in [5.74, 6) is -8.19. The minimum atomic E-state index is -1.58. The Morgan fingerprint density at radius 2 is 1.15 bits per heavy atom. The van der Waals surface area contributed by atoms with E-state index in [-0.39, 0.29) is 12.2 Å². The van der Waals surface area contributed by atoms with Crippen molar-refractivity contribution in [2.24, 2.45) is 11.5 Å². The standard InChI is InChI=1S/C23H31N5O11/c24-13(10-17(25)30)20(35)26-14(5-7-18(31)32)21(36)27-15(6-8-19(33)34)22(37)28-16(23(38)39)9-11-1-3-12(29)4-2-11/h1-4,13-16,29H,5-10,24H2,(H2,25,30)(H,26,35)(H,27,36)(H,28,37)(H,31,32)(H,33,34)(H,38,39)/t13-,14-,15-,16-/m0/s1. The molecule has 214 valence electrons. The van der Waals surface area contributed by atoms with E-state index in [0.717, 1.165) is 0 Å². The number of carboxylic acids is 3. The molecular formula is C23H31N5O11. The van der Waals surface area contributed by atoms with Gasteiger partial charge in [-0.2, -0.15) is 0 Å². The maximum Gasteiger partial charge on any atom is 0.326 e. The van der Waals surface area contributed by atoms with Gasteiger partial charge in [0.2, 0.25) is 23.6 Å². The molecule has 1 aromatic rings. The average molecular weight is 554 g/mol. The molecule has 39 heavy (non-hydrogen) atoms. The lowest BCUT2D eigenvalue weighted by Gasteiger charge is -2.25. The number of primary amides is 1. The second kappa shape index (κ2) is 15.5. The highest BCUT2D eigenvalue weighted by molar-refractivity contribution is 5.95. The van der Waals surface area contributed by atoms with Crippen LogP contribution in [0, 0.1) is 0 Å². The van der Waals surface area contributed by atoms with Crippen LogP contribution in [0.4, 0.5) is 0 Å². The summed E-state index contributed by atoms with van der Waals surface area (Å²) in [5, 5.41) is 43.6. The van der Waals surface area contributed by atoms with Gasteiger partial charge in [-0.1, -0.05) is 12.1 Å². The highest BCUT2D eigenvalue weighted by Gasteiger charge is 2.31. The first-order valence-corrected chi connectivity index (χ1v) is 11.6. The minimum absolute atomic E-state index is 0.0637. The van der Waals surface area contributed by atoms with Crippen molar-refractivity contribution in [3.63, 3.8) is 0 Å². The number of amides is 4. The van der Waals surface area contributed by atoms with Crippen molar-refractivity contribution in [1.82, 2.24) is 16.0 Å². The van der Waals surface area contributed by atoms with Crippen molar-refractivity contribution in [2.75, 3.05) is 0 Å². The van der Waals surface area contributed by atoms with Crippen LogP contribution in [0.5, 0.6) is 5.75 Å². The molecule has 4 atom stereocenters. The molecule has 16 nitrogen and oxygen atoms in total. The van der Waals surface area contributed by atoms with Crippen LogP contribution in [0.1, 0.15) is 37.7 Å². The lowest BCUT2D eigenvalue weighted by atomic mass is 10.0. The number of hydrogen-bond donors (Lipinski definition) is 9. The second-order valence-corrected chi connectivity index (χ2v) is 8.53. The fourth-order valence-electron chi connectivity index (χ4n) is 3.27. The molecule has 0 fully saturated rings. The molecule has 0 bridgehead atoms. The van der Waals surface area contributed by atoms with Crippen LogP contribution in [-0.2, 0) is 40.0 Å². The number of phenolic OH excluding ortho intramolecular Hbond substituents is 1. The van der Waals surface area contributed by atoms with Crippen molar-refractivity contribution >= 4 is 41.5 Å². The molecule has 0 aliphatic carbocycles. The van der Waals surface area contributed by atoms with Gasteiger partial charge in [0.05, 0.1) is 12.5 Å². The van der Waals surface area contributed by atoms with E-state index in [1.54, 1.807) is 0 Å². The molecule has 16 heteroatoms. The zero-order valence-corrected chi connectivity index (χ0v) is 20.7. The Hall–Kier alpha value is -4.73. The molecule has 0 spiro atoms. The summed E-state index contributed by atoms with van der Waals surface area (Å²) in [5.41, 5.74) is 11.0. The third-order valence-electron chi connectivity index (χ3n) is 5.31. The summed E-state index contributed by atoms with van der Waals surface area (Å²) in [6.07, 6.45) is -2.91. The Bertz CT molecular complexity index is 1080. The molecule has 0 aliphatic heterocycles. The Labute approximate surface area is 221 Å². The molecule has 11 N–H and O–H groups in total. The summed E-state index contributed by atoms with van der Waals surface area (Å²) in [4.78, 5) is 83.0. The largest absolute Gasteiger partial charge is 0.508 e. The quantitative estimate of drug-likeness (QED) is 0.0960. The second-order valence-electron chi connectivity index (χ2n) is 8.53. The van der Waals surface area contributed by atoms with Crippen molar-refractivity contribution in [3.05, 3.63) is 29.8 Å². The molecule has 4 amide bonds. The topological polar surface area (TPSA) is 289 Å². The number of phenols is 1. The summed E-state index contributed by atoms with van der Waals surface area (Å²) in [6.45, 7) is 0. The van der Waals surface area contributed by atoms with E-state index in [1.165, 1.54) is 24.3 Å². The highest BCUT2D eigenvalue weighted by Crippen LogP contribution is 2.12. The fourth-order valence-corrected chi connectivity index (χ4v) is 3.27. The van der Waals surface area contributed by atoms with Gasteiger partial charge >= 0.3 is 17.9 Å². The van der Waals surface area contributed by atoms with E-state index in [4.69, 9.17) is 21.7 Å². The molecule has 0 aliphatic rings. The Balaban J connectivity index is 3.08. The molecule has 0 radical (unpaired) electrons. The van der Waals surface area contributed by atoms with Crippen molar-refractivity contribution in [1.29, 1.82) is 0 Å². The number of aliphatic carboxylic acids is 3. The van der Waals surface area contributed by atoms with E-state index in [2.05, 4.69) is 16.0 Å². The zero-order chi connectivity index (χ0) is 29.7. The predicted molar refractivity (Wildman–Crippen MR) is 131 cm³/mol. The normalized spacial score (nSPS) is 13.7. The van der Waals surface area contributed by atoms with Crippen molar-refractivity contribution < 1.29 is 54.0 Å². The number of carbonyl (C=O) groups excluding carboxylic acids is 4. The number of nitrogens with one attached hydrogen (secondary N) is 3. The lowest BCUT2D eigenvalue weighted by molar-refractivity contribution is -0.143. The van der Waals surface area contributed by atoms with Crippen LogP contribution in [0.25, 0.3) is 0 Å². The fraction of sp³-hybridized carbons (Fsp3) is 0.435. The molecule has 0 heterocycles. The molecule has 1 aromatic carbocycles. The number of aromatic hydroxyl groups is 1. The van der Waals surface area contributed by atoms with Gasteiger partial charge in [0.1, 0.15) is 23.9 Å².